The summed E-state index contributed by atoms with van der Waals surface area (Å²) in [5, 5.41) is 10.1. The Morgan fingerprint density at radius 2 is 1.94 bits per heavy atom. The standard InChI is InChI=1S/C11H15N5/c1-8(10-3-5-12-6-4-10)15-9(2)11-13-7-14-16-11/h3-9,15H,1-2H3,(H,13,14,16). The average Bonchev–Trinajstić information content (AvgIpc) is 2.83. The van der Waals surface area contributed by atoms with E-state index in [9.17, 15) is 0 Å². The SMILES string of the molecule is CC(NC(C)c1ncn[nH]1)c1ccncc1. The first-order valence-corrected chi connectivity index (χ1v) is 5.28. The molecular formula is C11H15N5. The summed E-state index contributed by atoms with van der Waals surface area (Å²) in [5.41, 5.74) is 1.21. The predicted molar refractivity (Wildman–Crippen MR) is 60.6 cm³/mol. The Labute approximate surface area is 94.3 Å². The first kappa shape index (κ1) is 10.8. The molecule has 0 saturated carbocycles. The van der Waals surface area contributed by atoms with Crippen molar-refractivity contribution in [1.29, 1.82) is 0 Å². The molecule has 84 valence electrons. The normalized spacial score (nSPS) is 14.6. The van der Waals surface area contributed by atoms with Crippen molar-refractivity contribution in [3.63, 3.8) is 0 Å². The third kappa shape index (κ3) is 2.43. The maximum absolute atomic E-state index is 4.12. The zero-order valence-electron chi connectivity index (χ0n) is 9.38. The summed E-state index contributed by atoms with van der Waals surface area (Å²) in [6.07, 6.45) is 5.11. The summed E-state index contributed by atoms with van der Waals surface area (Å²) in [6, 6.07) is 4.41. The topological polar surface area (TPSA) is 66.5 Å². The number of rotatable bonds is 4. The third-order valence-corrected chi connectivity index (χ3v) is 2.55. The van der Waals surface area contributed by atoms with Gasteiger partial charge in [-0.2, -0.15) is 5.10 Å². The predicted octanol–water partition coefficient (Wildman–Crippen LogP) is 1.61. The summed E-state index contributed by atoms with van der Waals surface area (Å²) >= 11 is 0. The molecule has 5 heteroatoms. The number of pyridine rings is 1. The van der Waals surface area contributed by atoms with Gasteiger partial charge < -0.3 is 5.32 Å². The molecule has 0 amide bonds. The van der Waals surface area contributed by atoms with Gasteiger partial charge in [-0.1, -0.05) is 0 Å². The summed E-state index contributed by atoms with van der Waals surface area (Å²) in [5.74, 6) is 0.848. The molecule has 0 radical (unpaired) electrons. The summed E-state index contributed by atoms with van der Waals surface area (Å²) in [4.78, 5) is 8.12. The second-order valence-corrected chi connectivity index (χ2v) is 3.76. The highest BCUT2D eigenvalue weighted by Crippen LogP contribution is 2.15. The van der Waals surface area contributed by atoms with Gasteiger partial charge in [-0.3, -0.25) is 10.1 Å². The lowest BCUT2D eigenvalue weighted by molar-refractivity contribution is 0.477. The van der Waals surface area contributed by atoms with E-state index in [1.54, 1.807) is 12.4 Å². The molecule has 2 rings (SSSR count). The van der Waals surface area contributed by atoms with Gasteiger partial charge >= 0.3 is 0 Å². The Balaban J connectivity index is 2.00. The van der Waals surface area contributed by atoms with Gasteiger partial charge in [0.15, 0.2) is 0 Å². The van der Waals surface area contributed by atoms with Crippen LogP contribution in [0.5, 0.6) is 0 Å². The largest absolute Gasteiger partial charge is 0.301 e. The molecule has 0 spiro atoms. The fourth-order valence-electron chi connectivity index (χ4n) is 1.63. The van der Waals surface area contributed by atoms with E-state index in [2.05, 4.69) is 39.3 Å². The molecule has 2 N–H and O–H groups in total. The van der Waals surface area contributed by atoms with E-state index in [1.807, 2.05) is 12.1 Å². The smallest absolute Gasteiger partial charge is 0.141 e. The van der Waals surface area contributed by atoms with E-state index in [4.69, 9.17) is 0 Å². The molecule has 0 bridgehead atoms. The Morgan fingerprint density at radius 3 is 2.56 bits per heavy atom. The molecular weight excluding hydrogens is 202 g/mol. The van der Waals surface area contributed by atoms with Crippen LogP contribution in [0.1, 0.15) is 37.3 Å². The first-order chi connectivity index (χ1) is 7.77. The van der Waals surface area contributed by atoms with Crippen molar-refractivity contribution < 1.29 is 0 Å². The fraction of sp³-hybridized carbons (Fsp3) is 0.364. The number of aromatic nitrogens is 4. The highest BCUT2D eigenvalue weighted by atomic mass is 15.2. The molecule has 0 aliphatic heterocycles. The van der Waals surface area contributed by atoms with Crippen LogP contribution in [0.15, 0.2) is 30.9 Å². The van der Waals surface area contributed by atoms with Gasteiger partial charge in [0, 0.05) is 18.4 Å². The van der Waals surface area contributed by atoms with E-state index in [0.717, 1.165) is 5.82 Å². The van der Waals surface area contributed by atoms with Crippen LogP contribution in [-0.4, -0.2) is 20.2 Å². The van der Waals surface area contributed by atoms with Crippen molar-refractivity contribution in [1.82, 2.24) is 25.5 Å². The highest BCUT2D eigenvalue weighted by Gasteiger charge is 2.12. The van der Waals surface area contributed by atoms with Crippen molar-refractivity contribution in [3.05, 3.63) is 42.2 Å². The van der Waals surface area contributed by atoms with E-state index < -0.39 is 0 Å². The number of hydrogen-bond acceptors (Lipinski definition) is 4. The second kappa shape index (κ2) is 4.85. The Hall–Kier alpha value is -1.75. The average molecular weight is 217 g/mol. The van der Waals surface area contributed by atoms with Gasteiger partial charge in [0.2, 0.25) is 0 Å². The molecule has 2 unspecified atom stereocenters. The minimum absolute atomic E-state index is 0.144. The quantitative estimate of drug-likeness (QED) is 0.816. The number of hydrogen-bond donors (Lipinski definition) is 2. The summed E-state index contributed by atoms with van der Waals surface area (Å²) < 4.78 is 0. The molecule has 0 fully saturated rings. The van der Waals surface area contributed by atoms with E-state index in [1.165, 1.54) is 11.9 Å². The molecule has 0 saturated heterocycles. The second-order valence-electron chi connectivity index (χ2n) is 3.76. The van der Waals surface area contributed by atoms with Crippen LogP contribution in [0, 0.1) is 0 Å². The molecule has 16 heavy (non-hydrogen) atoms. The van der Waals surface area contributed by atoms with Crippen molar-refractivity contribution in [2.45, 2.75) is 25.9 Å². The molecule has 2 aromatic rings. The van der Waals surface area contributed by atoms with Crippen LogP contribution < -0.4 is 5.32 Å². The molecule has 2 heterocycles. The van der Waals surface area contributed by atoms with E-state index >= 15 is 0 Å². The zero-order valence-corrected chi connectivity index (χ0v) is 9.38. The monoisotopic (exact) mass is 217 g/mol. The fourth-order valence-corrected chi connectivity index (χ4v) is 1.63. The van der Waals surface area contributed by atoms with Crippen LogP contribution in [-0.2, 0) is 0 Å². The van der Waals surface area contributed by atoms with Crippen LogP contribution in [0.4, 0.5) is 0 Å². The molecule has 5 nitrogen and oxygen atoms in total. The van der Waals surface area contributed by atoms with Crippen molar-refractivity contribution >= 4 is 0 Å². The van der Waals surface area contributed by atoms with Gasteiger partial charge in [-0.25, -0.2) is 4.98 Å². The number of nitrogens with one attached hydrogen (secondary N) is 2. The van der Waals surface area contributed by atoms with Crippen molar-refractivity contribution in [3.8, 4) is 0 Å². The third-order valence-electron chi connectivity index (χ3n) is 2.55. The molecule has 0 aliphatic carbocycles. The molecule has 2 atom stereocenters. The maximum atomic E-state index is 4.12. The number of H-pyrrole nitrogens is 1. The highest BCUT2D eigenvalue weighted by molar-refractivity contribution is 5.14. The zero-order chi connectivity index (χ0) is 11.4. The van der Waals surface area contributed by atoms with E-state index in [0.29, 0.717) is 0 Å². The first-order valence-electron chi connectivity index (χ1n) is 5.28. The summed E-state index contributed by atoms with van der Waals surface area (Å²) in [7, 11) is 0. The maximum Gasteiger partial charge on any atom is 0.141 e. The minimum Gasteiger partial charge on any atom is -0.301 e. The number of nitrogens with zero attached hydrogens (tertiary/aromatic N) is 3. The molecule has 2 aromatic heterocycles. The Kier molecular flexibility index (Phi) is 3.26. The molecule has 0 aromatic carbocycles. The number of aromatic amines is 1. The van der Waals surface area contributed by atoms with Gasteiger partial charge in [-0.15, -0.1) is 0 Å². The van der Waals surface area contributed by atoms with Crippen molar-refractivity contribution in [2.75, 3.05) is 0 Å². The minimum atomic E-state index is 0.144. The van der Waals surface area contributed by atoms with Crippen molar-refractivity contribution in [2.24, 2.45) is 0 Å². The molecule has 0 aliphatic rings. The van der Waals surface area contributed by atoms with Crippen LogP contribution >= 0.6 is 0 Å². The Morgan fingerprint density at radius 1 is 1.19 bits per heavy atom. The van der Waals surface area contributed by atoms with Gasteiger partial charge in [0.25, 0.3) is 0 Å². The Bertz CT molecular complexity index is 411. The van der Waals surface area contributed by atoms with Crippen LogP contribution in [0.2, 0.25) is 0 Å². The van der Waals surface area contributed by atoms with Gasteiger partial charge in [0.05, 0.1) is 6.04 Å². The van der Waals surface area contributed by atoms with E-state index in [-0.39, 0.29) is 12.1 Å². The lowest BCUT2D eigenvalue weighted by Gasteiger charge is -2.18. The van der Waals surface area contributed by atoms with Crippen LogP contribution in [0.3, 0.4) is 0 Å². The summed E-state index contributed by atoms with van der Waals surface area (Å²) in [6.45, 7) is 4.17. The lowest BCUT2D eigenvalue weighted by atomic mass is 10.1. The lowest BCUT2D eigenvalue weighted by Crippen LogP contribution is -2.23. The van der Waals surface area contributed by atoms with Gasteiger partial charge in [-0.05, 0) is 31.5 Å². The van der Waals surface area contributed by atoms with Gasteiger partial charge in [0.1, 0.15) is 12.2 Å². The van der Waals surface area contributed by atoms with Crippen LogP contribution in [0.25, 0.3) is 0 Å².